The van der Waals surface area contributed by atoms with Crippen LogP contribution in [0.1, 0.15) is 26.7 Å². The molecule has 1 aliphatic rings. The van der Waals surface area contributed by atoms with Crippen molar-refractivity contribution in [1.29, 1.82) is 0 Å². The molecule has 0 nitrogen and oxygen atoms in total. The Morgan fingerprint density at radius 1 is 1.44 bits per heavy atom. The van der Waals surface area contributed by atoms with Gasteiger partial charge in [-0.05, 0) is 0 Å². The topological polar surface area (TPSA) is 0 Å². The molecule has 1 aliphatic carbocycles. The van der Waals surface area contributed by atoms with E-state index in [9.17, 15) is 0 Å². The summed E-state index contributed by atoms with van der Waals surface area (Å²) in [6.07, 6.45) is 7.85. The van der Waals surface area contributed by atoms with E-state index >= 15 is 0 Å². The summed E-state index contributed by atoms with van der Waals surface area (Å²) in [5.74, 6) is 0. The summed E-state index contributed by atoms with van der Waals surface area (Å²) in [6, 6.07) is 0. The third kappa shape index (κ3) is 3.14. The van der Waals surface area contributed by atoms with Gasteiger partial charge in [0.1, 0.15) is 0 Å². The minimum atomic E-state index is 0. The predicted molar refractivity (Wildman–Crippen MR) is 35.4 cm³/mol. The molecule has 0 aromatic carbocycles. The van der Waals surface area contributed by atoms with Gasteiger partial charge < -0.3 is 0 Å². The Hall–Kier alpha value is 1.12. The second kappa shape index (κ2) is 4.86. The van der Waals surface area contributed by atoms with Gasteiger partial charge in [-0.25, -0.2) is 11.1 Å². The van der Waals surface area contributed by atoms with Crippen LogP contribution in [0, 0.1) is 6.08 Å². The van der Waals surface area contributed by atoms with Gasteiger partial charge >= 0.3 is 51.4 Å². The van der Waals surface area contributed by atoms with E-state index in [1.165, 1.54) is 17.6 Å². The summed E-state index contributed by atoms with van der Waals surface area (Å²) in [4.78, 5) is 0. The van der Waals surface area contributed by atoms with Crippen LogP contribution in [0.15, 0.2) is 17.2 Å². The SMILES string of the molecule is CC1=[C-]CCC=C1C.[K+]. The molecular weight excluding hydrogens is 135 g/mol. The molecule has 0 atom stereocenters. The van der Waals surface area contributed by atoms with Gasteiger partial charge in [0.2, 0.25) is 0 Å². The fourth-order valence-corrected chi connectivity index (χ4v) is 0.841. The van der Waals surface area contributed by atoms with E-state index in [4.69, 9.17) is 0 Å². The van der Waals surface area contributed by atoms with Gasteiger partial charge in [0.25, 0.3) is 0 Å². The molecular formula is C8H11K. The van der Waals surface area contributed by atoms with Gasteiger partial charge in [-0.3, -0.25) is 6.08 Å². The summed E-state index contributed by atoms with van der Waals surface area (Å²) in [6.45, 7) is 4.26. The zero-order valence-electron chi connectivity index (χ0n) is 6.49. The maximum absolute atomic E-state index is 3.28. The van der Waals surface area contributed by atoms with Crippen molar-refractivity contribution in [1.82, 2.24) is 0 Å². The maximum Gasteiger partial charge on any atom is 1.00 e. The van der Waals surface area contributed by atoms with Gasteiger partial charge in [0, 0.05) is 0 Å². The molecule has 44 valence electrons. The van der Waals surface area contributed by atoms with E-state index in [-0.39, 0.29) is 51.4 Å². The molecule has 1 rings (SSSR count). The van der Waals surface area contributed by atoms with Gasteiger partial charge in [-0.2, -0.15) is 6.08 Å². The predicted octanol–water partition coefficient (Wildman–Crippen LogP) is -0.520. The molecule has 0 saturated heterocycles. The molecule has 9 heavy (non-hydrogen) atoms. The van der Waals surface area contributed by atoms with Crippen molar-refractivity contribution in [2.45, 2.75) is 26.7 Å². The van der Waals surface area contributed by atoms with Crippen LogP contribution in [-0.2, 0) is 0 Å². The Balaban J connectivity index is 0.000000640. The third-order valence-electron chi connectivity index (χ3n) is 1.58. The summed E-state index contributed by atoms with van der Waals surface area (Å²) in [7, 11) is 0. The minimum absolute atomic E-state index is 0. The van der Waals surface area contributed by atoms with Crippen LogP contribution in [0.3, 0.4) is 0 Å². The first-order chi connectivity index (χ1) is 3.80. The smallest absolute Gasteiger partial charge is 0.272 e. The molecule has 1 heteroatoms. The second-order valence-electron chi connectivity index (χ2n) is 2.23. The van der Waals surface area contributed by atoms with Crippen LogP contribution >= 0.6 is 0 Å². The van der Waals surface area contributed by atoms with Crippen LogP contribution in [-0.4, -0.2) is 0 Å². The van der Waals surface area contributed by atoms with E-state index in [0.29, 0.717) is 0 Å². The third-order valence-corrected chi connectivity index (χ3v) is 1.58. The quantitative estimate of drug-likeness (QED) is 0.319. The molecule has 0 bridgehead atoms. The summed E-state index contributed by atoms with van der Waals surface area (Å²) in [5, 5.41) is 0. The Morgan fingerprint density at radius 2 is 2.11 bits per heavy atom. The number of hydrogen-bond acceptors (Lipinski definition) is 0. The van der Waals surface area contributed by atoms with Gasteiger partial charge in [-0.1, -0.05) is 13.3 Å². The molecule has 0 aliphatic heterocycles. The molecule has 0 amide bonds. The van der Waals surface area contributed by atoms with Crippen LogP contribution < -0.4 is 51.4 Å². The Bertz CT molecular complexity index is 125. The molecule has 0 fully saturated rings. The monoisotopic (exact) mass is 146 g/mol. The number of hydrogen-bond donors (Lipinski definition) is 0. The normalized spacial score (nSPS) is 17.6. The molecule has 0 N–H and O–H groups in total. The first-order valence-electron chi connectivity index (χ1n) is 3.05. The fourth-order valence-electron chi connectivity index (χ4n) is 0.841. The van der Waals surface area contributed by atoms with Crippen molar-refractivity contribution < 1.29 is 51.4 Å². The molecule has 0 saturated carbocycles. The Kier molecular flexibility index (Phi) is 5.46. The number of allylic oxidation sites excluding steroid dienone is 4. The van der Waals surface area contributed by atoms with Crippen LogP contribution in [0.25, 0.3) is 0 Å². The summed E-state index contributed by atoms with van der Waals surface area (Å²) >= 11 is 0. The number of rotatable bonds is 0. The van der Waals surface area contributed by atoms with E-state index in [1.54, 1.807) is 0 Å². The average molecular weight is 146 g/mol. The molecule has 0 heterocycles. The first kappa shape index (κ1) is 10.1. The van der Waals surface area contributed by atoms with E-state index in [2.05, 4.69) is 26.0 Å². The van der Waals surface area contributed by atoms with E-state index in [1.807, 2.05) is 0 Å². The molecule has 0 aromatic rings. The van der Waals surface area contributed by atoms with Gasteiger partial charge in [0.15, 0.2) is 0 Å². The second-order valence-corrected chi connectivity index (χ2v) is 2.23. The Morgan fingerprint density at radius 3 is 2.44 bits per heavy atom. The summed E-state index contributed by atoms with van der Waals surface area (Å²) < 4.78 is 0. The van der Waals surface area contributed by atoms with Crippen LogP contribution in [0.5, 0.6) is 0 Å². The van der Waals surface area contributed by atoms with E-state index < -0.39 is 0 Å². The molecule has 0 spiro atoms. The van der Waals surface area contributed by atoms with Gasteiger partial charge in [-0.15, -0.1) is 13.3 Å². The zero-order valence-corrected chi connectivity index (χ0v) is 9.61. The first-order valence-corrected chi connectivity index (χ1v) is 3.05. The van der Waals surface area contributed by atoms with Crippen molar-refractivity contribution in [3.8, 4) is 0 Å². The largest absolute Gasteiger partial charge is 1.00 e. The van der Waals surface area contributed by atoms with Gasteiger partial charge in [0.05, 0.1) is 0 Å². The zero-order chi connectivity index (χ0) is 5.98. The molecule has 0 radical (unpaired) electrons. The van der Waals surface area contributed by atoms with Crippen molar-refractivity contribution in [3.63, 3.8) is 0 Å². The Labute approximate surface area is 99.8 Å². The van der Waals surface area contributed by atoms with E-state index in [0.717, 1.165) is 6.42 Å². The van der Waals surface area contributed by atoms with Crippen molar-refractivity contribution >= 4 is 0 Å². The average Bonchev–Trinajstić information content (AvgIpc) is 1.77. The van der Waals surface area contributed by atoms with Crippen molar-refractivity contribution in [3.05, 3.63) is 23.3 Å². The summed E-state index contributed by atoms with van der Waals surface area (Å²) in [5.41, 5.74) is 2.73. The maximum atomic E-state index is 3.28. The van der Waals surface area contributed by atoms with Crippen molar-refractivity contribution in [2.24, 2.45) is 0 Å². The van der Waals surface area contributed by atoms with Crippen molar-refractivity contribution in [2.75, 3.05) is 0 Å². The standard InChI is InChI=1S/C8H11.K/c1-7-5-3-4-6-8(7)2;/h5H,3-4H2,1-2H3;/q-1;+1. The van der Waals surface area contributed by atoms with Crippen LogP contribution in [0.2, 0.25) is 0 Å². The fraction of sp³-hybridized carbons (Fsp3) is 0.500. The minimum Gasteiger partial charge on any atom is -0.272 e. The molecule has 0 unspecified atom stereocenters. The molecule has 0 aromatic heterocycles. The van der Waals surface area contributed by atoms with Crippen LogP contribution in [0.4, 0.5) is 0 Å².